The molecule has 4 nitrogen and oxygen atoms in total. The summed E-state index contributed by atoms with van der Waals surface area (Å²) in [7, 11) is 0. The first-order valence-corrected chi connectivity index (χ1v) is 7.55. The van der Waals surface area contributed by atoms with E-state index in [1.54, 1.807) is 0 Å². The number of rotatable bonds is 4. The largest absolute Gasteiger partial charge is 0.354 e. The number of nitrogens with one attached hydrogen (secondary N) is 2. The van der Waals surface area contributed by atoms with Crippen molar-refractivity contribution >= 4 is 5.91 Å². The molecule has 3 rings (SSSR count). The van der Waals surface area contributed by atoms with Crippen molar-refractivity contribution in [3.05, 3.63) is 0 Å². The van der Waals surface area contributed by atoms with Gasteiger partial charge in [-0.1, -0.05) is 6.92 Å². The van der Waals surface area contributed by atoms with E-state index in [9.17, 15) is 4.79 Å². The third kappa shape index (κ3) is 2.28. The molecule has 3 saturated heterocycles. The van der Waals surface area contributed by atoms with Crippen molar-refractivity contribution in [1.29, 1.82) is 0 Å². The summed E-state index contributed by atoms with van der Waals surface area (Å²) in [6.45, 7) is 5.36. The Morgan fingerprint density at radius 2 is 2.28 bits per heavy atom. The van der Waals surface area contributed by atoms with Gasteiger partial charge in [-0.05, 0) is 45.2 Å². The lowest BCUT2D eigenvalue weighted by atomic mass is 9.88. The zero-order valence-electron chi connectivity index (χ0n) is 11.3. The Morgan fingerprint density at radius 3 is 2.94 bits per heavy atom. The molecule has 3 heterocycles. The van der Waals surface area contributed by atoms with Crippen LogP contribution in [0.15, 0.2) is 0 Å². The summed E-state index contributed by atoms with van der Waals surface area (Å²) >= 11 is 0. The molecule has 3 fully saturated rings. The highest BCUT2D eigenvalue weighted by Gasteiger charge is 2.42. The summed E-state index contributed by atoms with van der Waals surface area (Å²) in [5.41, 5.74) is 0. The van der Waals surface area contributed by atoms with Crippen molar-refractivity contribution in [1.82, 2.24) is 15.5 Å². The van der Waals surface area contributed by atoms with E-state index in [1.807, 2.05) is 0 Å². The molecule has 0 saturated carbocycles. The second kappa shape index (κ2) is 5.17. The third-order valence-corrected chi connectivity index (χ3v) is 5.05. The van der Waals surface area contributed by atoms with Crippen LogP contribution in [0.5, 0.6) is 0 Å². The van der Waals surface area contributed by atoms with Crippen molar-refractivity contribution in [3.8, 4) is 0 Å². The molecule has 4 atom stereocenters. The van der Waals surface area contributed by atoms with E-state index < -0.39 is 0 Å². The molecule has 0 aromatic rings. The number of carbonyl (C=O) groups excluding carboxylic acids is 1. The zero-order chi connectivity index (χ0) is 12.5. The van der Waals surface area contributed by atoms with Crippen LogP contribution in [0.25, 0.3) is 0 Å². The summed E-state index contributed by atoms with van der Waals surface area (Å²) in [6, 6.07) is 1.65. The molecule has 4 unspecified atom stereocenters. The van der Waals surface area contributed by atoms with Gasteiger partial charge in [-0.15, -0.1) is 0 Å². The van der Waals surface area contributed by atoms with Gasteiger partial charge in [-0.3, -0.25) is 9.69 Å². The quantitative estimate of drug-likeness (QED) is 0.774. The van der Waals surface area contributed by atoms with Crippen LogP contribution in [0.3, 0.4) is 0 Å². The smallest absolute Gasteiger partial charge is 0.224 e. The normalized spacial score (nSPS) is 39.4. The molecule has 0 aromatic heterocycles. The predicted octanol–water partition coefficient (Wildman–Crippen LogP) is 0.727. The van der Waals surface area contributed by atoms with Crippen LogP contribution in [0.1, 0.15) is 39.0 Å². The Labute approximate surface area is 109 Å². The average molecular weight is 251 g/mol. The second-order valence-electron chi connectivity index (χ2n) is 6.06. The Kier molecular flexibility index (Phi) is 3.57. The number of nitrogens with zero attached hydrogens (tertiary/aromatic N) is 1. The second-order valence-corrected chi connectivity index (χ2v) is 6.06. The molecule has 102 valence electrons. The van der Waals surface area contributed by atoms with Crippen LogP contribution >= 0.6 is 0 Å². The van der Waals surface area contributed by atoms with E-state index >= 15 is 0 Å². The van der Waals surface area contributed by atoms with Crippen molar-refractivity contribution in [3.63, 3.8) is 0 Å². The molecule has 0 aromatic carbocycles. The van der Waals surface area contributed by atoms with Gasteiger partial charge in [0.2, 0.25) is 5.91 Å². The molecular formula is C14H25N3O. The van der Waals surface area contributed by atoms with Crippen LogP contribution in [0, 0.1) is 5.92 Å². The van der Waals surface area contributed by atoms with Gasteiger partial charge in [-0.25, -0.2) is 0 Å². The van der Waals surface area contributed by atoms with Crippen LogP contribution in [-0.4, -0.2) is 48.6 Å². The van der Waals surface area contributed by atoms with E-state index in [-0.39, 0.29) is 11.8 Å². The van der Waals surface area contributed by atoms with Crippen molar-refractivity contribution in [2.75, 3.05) is 19.6 Å². The van der Waals surface area contributed by atoms with E-state index in [0.29, 0.717) is 18.1 Å². The Hall–Kier alpha value is -0.610. The highest BCUT2D eigenvalue weighted by molar-refractivity contribution is 5.80. The average Bonchev–Trinajstić information content (AvgIpc) is 3.10. The van der Waals surface area contributed by atoms with E-state index in [2.05, 4.69) is 22.5 Å². The monoisotopic (exact) mass is 251 g/mol. The standard InChI is InChI=1S/C14H25N3O/c1-2-17-7-3-4-11(17)9-15-14(18)12-8-10-5-6-13(12)16-10/h10-13,16H,2-9H2,1H3,(H,15,18). The SMILES string of the molecule is CCN1CCCC1CNC(=O)C1CC2CCC1N2. The van der Waals surface area contributed by atoms with Crippen molar-refractivity contribution < 1.29 is 4.79 Å². The maximum absolute atomic E-state index is 12.2. The van der Waals surface area contributed by atoms with Crippen LogP contribution in [0.2, 0.25) is 0 Å². The Bertz CT molecular complexity index is 320. The number of hydrogen-bond acceptors (Lipinski definition) is 3. The lowest BCUT2D eigenvalue weighted by Crippen LogP contribution is -2.44. The number of carbonyl (C=O) groups is 1. The van der Waals surface area contributed by atoms with Crippen LogP contribution in [0.4, 0.5) is 0 Å². The predicted molar refractivity (Wildman–Crippen MR) is 71.3 cm³/mol. The molecule has 0 aliphatic carbocycles. The fraction of sp³-hybridized carbons (Fsp3) is 0.929. The van der Waals surface area contributed by atoms with Crippen molar-refractivity contribution in [2.45, 2.75) is 57.2 Å². The summed E-state index contributed by atoms with van der Waals surface area (Å²) < 4.78 is 0. The summed E-state index contributed by atoms with van der Waals surface area (Å²) in [4.78, 5) is 14.7. The number of hydrogen-bond donors (Lipinski definition) is 2. The molecule has 2 N–H and O–H groups in total. The zero-order valence-corrected chi connectivity index (χ0v) is 11.3. The number of likely N-dealkylation sites (tertiary alicyclic amines) is 1. The van der Waals surface area contributed by atoms with Crippen molar-refractivity contribution in [2.24, 2.45) is 5.92 Å². The molecule has 2 bridgehead atoms. The molecule has 4 heteroatoms. The third-order valence-electron chi connectivity index (χ3n) is 5.05. The van der Waals surface area contributed by atoms with Crippen LogP contribution < -0.4 is 10.6 Å². The summed E-state index contributed by atoms with van der Waals surface area (Å²) in [5, 5.41) is 6.73. The maximum atomic E-state index is 12.2. The number of likely N-dealkylation sites (N-methyl/N-ethyl adjacent to an activating group) is 1. The lowest BCUT2D eigenvalue weighted by molar-refractivity contribution is -0.125. The van der Waals surface area contributed by atoms with Gasteiger partial charge in [0.1, 0.15) is 0 Å². The van der Waals surface area contributed by atoms with Crippen LogP contribution in [-0.2, 0) is 4.79 Å². The molecule has 3 aliphatic heterocycles. The molecule has 0 spiro atoms. The van der Waals surface area contributed by atoms with Gasteiger partial charge in [0.05, 0.1) is 5.92 Å². The molecule has 18 heavy (non-hydrogen) atoms. The topological polar surface area (TPSA) is 44.4 Å². The van der Waals surface area contributed by atoms with Gasteiger partial charge >= 0.3 is 0 Å². The minimum atomic E-state index is 0.236. The highest BCUT2D eigenvalue weighted by atomic mass is 16.2. The molecule has 0 radical (unpaired) electrons. The first kappa shape index (κ1) is 12.4. The molecule has 1 amide bonds. The fourth-order valence-corrected chi connectivity index (χ4v) is 4.01. The van der Waals surface area contributed by atoms with Gasteiger partial charge in [0.15, 0.2) is 0 Å². The number of amides is 1. The molecule has 3 aliphatic rings. The molecular weight excluding hydrogens is 226 g/mol. The minimum absolute atomic E-state index is 0.236. The van der Waals surface area contributed by atoms with Gasteiger partial charge < -0.3 is 10.6 Å². The Balaban J connectivity index is 1.47. The van der Waals surface area contributed by atoms with E-state index in [0.717, 1.165) is 19.5 Å². The first-order valence-electron chi connectivity index (χ1n) is 7.55. The maximum Gasteiger partial charge on any atom is 0.224 e. The summed E-state index contributed by atoms with van der Waals surface area (Å²) in [6.07, 6.45) is 6.03. The van der Waals surface area contributed by atoms with E-state index in [4.69, 9.17) is 0 Å². The lowest BCUT2D eigenvalue weighted by Gasteiger charge is -2.25. The minimum Gasteiger partial charge on any atom is -0.354 e. The fourth-order valence-electron chi connectivity index (χ4n) is 4.01. The number of fused-ring (bicyclic) bond motifs is 2. The van der Waals surface area contributed by atoms with E-state index in [1.165, 1.54) is 32.2 Å². The van der Waals surface area contributed by atoms with Gasteiger partial charge in [0.25, 0.3) is 0 Å². The Morgan fingerprint density at radius 1 is 1.39 bits per heavy atom. The van der Waals surface area contributed by atoms with Gasteiger partial charge in [-0.2, -0.15) is 0 Å². The first-order chi connectivity index (χ1) is 8.78. The summed E-state index contributed by atoms with van der Waals surface area (Å²) in [5.74, 6) is 0.526. The highest BCUT2D eigenvalue weighted by Crippen LogP contribution is 2.33. The van der Waals surface area contributed by atoms with Gasteiger partial charge in [0, 0.05) is 24.7 Å².